The monoisotopic (exact) mass is 360 g/mol. The second-order valence-corrected chi connectivity index (χ2v) is 6.80. The quantitative estimate of drug-likeness (QED) is 0.477. The first-order valence-electron chi connectivity index (χ1n) is 6.53. The van der Waals surface area contributed by atoms with Gasteiger partial charge in [-0.3, -0.25) is 0 Å². The van der Waals surface area contributed by atoms with Gasteiger partial charge in [-0.1, -0.05) is 28.1 Å². The predicted molar refractivity (Wildman–Crippen MR) is 90.9 cm³/mol. The first-order valence-corrected chi connectivity index (χ1v) is 8.31. The van der Waals surface area contributed by atoms with Crippen molar-refractivity contribution in [2.45, 2.75) is 17.6 Å². The molecule has 3 rings (SSSR count). The molecule has 0 unspecified atom stereocenters. The van der Waals surface area contributed by atoms with E-state index in [0.29, 0.717) is 5.58 Å². The Labute approximate surface area is 135 Å². The molecule has 106 valence electrons. The minimum absolute atomic E-state index is 0.292. The van der Waals surface area contributed by atoms with Crippen LogP contribution in [0.1, 0.15) is 11.1 Å². The molecule has 0 saturated carbocycles. The van der Waals surface area contributed by atoms with Crippen molar-refractivity contribution < 1.29 is 4.42 Å². The highest BCUT2D eigenvalue weighted by Gasteiger charge is 2.06. The van der Waals surface area contributed by atoms with Crippen molar-refractivity contribution in [3.8, 4) is 0 Å². The molecule has 0 aliphatic carbocycles. The van der Waals surface area contributed by atoms with Gasteiger partial charge in [-0.25, -0.2) is 4.79 Å². The van der Waals surface area contributed by atoms with Gasteiger partial charge in [0.1, 0.15) is 5.58 Å². The van der Waals surface area contributed by atoms with Crippen molar-refractivity contribution in [3.63, 3.8) is 0 Å². The second kappa shape index (κ2) is 6.08. The summed E-state index contributed by atoms with van der Waals surface area (Å²) in [6.07, 6.45) is 0. The lowest BCUT2D eigenvalue weighted by Crippen LogP contribution is -2.00. The van der Waals surface area contributed by atoms with E-state index in [4.69, 9.17) is 4.42 Å². The van der Waals surface area contributed by atoms with Crippen LogP contribution < -0.4 is 5.63 Å². The van der Waals surface area contributed by atoms with Gasteiger partial charge in [0, 0.05) is 26.6 Å². The smallest absolute Gasteiger partial charge is 0.336 e. The molecule has 1 aromatic heterocycles. The van der Waals surface area contributed by atoms with Gasteiger partial charge in [0.15, 0.2) is 0 Å². The van der Waals surface area contributed by atoms with E-state index < -0.39 is 0 Å². The highest BCUT2D eigenvalue weighted by Crippen LogP contribution is 2.27. The van der Waals surface area contributed by atoms with Crippen LogP contribution in [-0.4, -0.2) is 0 Å². The number of hydrogen-bond acceptors (Lipinski definition) is 3. The highest BCUT2D eigenvalue weighted by molar-refractivity contribution is 9.10. The zero-order valence-electron chi connectivity index (χ0n) is 11.4. The summed E-state index contributed by atoms with van der Waals surface area (Å²) in [4.78, 5) is 12.9. The Morgan fingerprint density at radius 2 is 1.86 bits per heavy atom. The second-order valence-electron chi connectivity index (χ2n) is 4.83. The zero-order valence-corrected chi connectivity index (χ0v) is 13.8. The summed E-state index contributed by atoms with van der Waals surface area (Å²) >= 11 is 5.14. The molecule has 0 N–H and O–H groups in total. The third-order valence-electron chi connectivity index (χ3n) is 3.19. The van der Waals surface area contributed by atoms with E-state index in [1.165, 1.54) is 4.90 Å². The summed E-state index contributed by atoms with van der Waals surface area (Å²) in [5.41, 5.74) is 2.46. The maximum absolute atomic E-state index is 11.7. The van der Waals surface area contributed by atoms with E-state index in [9.17, 15) is 4.79 Å². The molecule has 0 atom stereocenters. The average Bonchev–Trinajstić information content (AvgIpc) is 2.45. The number of benzene rings is 2. The summed E-state index contributed by atoms with van der Waals surface area (Å²) in [5, 5.41) is 1.00. The molecule has 0 aliphatic rings. The van der Waals surface area contributed by atoms with Crippen LogP contribution in [0.4, 0.5) is 0 Å². The highest BCUT2D eigenvalue weighted by atomic mass is 79.9. The van der Waals surface area contributed by atoms with Crippen LogP contribution in [0, 0.1) is 6.92 Å². The fraction of sp³-hybridized carbons (Fsp3) is 0.118. The number of fused-ring (bicyclic) bond motifs is 1. The molecule has 0 fully saturated rings. The minimum atomic E-state index is -0.292. The molecule has 0 bridgehead atoms. The first kappa shape index (κ1) is 14.4. The standard InChI is InChI=1S/C17H13BrO2S/c1-11-2-7-15-12(9-17(19)20-16(15)8-11)10-21-14-5-3-13(18)4-6-14/h2-9H,10H2,1H3. The number of hydrogen-bond donors (Lipinski definition) is 0. The van der Waals surface area contributed by atoms with Crippen molar-refractivity contribution in [1.82, 2.24) is 0 Å². The summed E-state index contributed by atoms with van der Waals surface area (Å²) in [6, 6.07) is 15.7. The third kappa shape index (κ3) is 3.39. The average molecular weight is 361 g/mol. The Kier molecular flexibility index (Phi) is 4.17. The van der Waals surface area contributed by atoms with Gasteiger partial charge < -0.3 is 4.42 Å². The Morgan fingerprint density at radius 3 is 2.62 bits per heavy atom. The largest absolute Gasteiger partial charge is 0.423 e. The van der Waals surface area contributed by atoms with Crippen molar-refractivity contribution in [1.29, 1.82) is 0 Å². The Bertz CT molecular complexity index is 838. The van der Waals surface area contributed by atoms with Gasteiger partial charge in [-0.05, 0) is 48.4 Å². The molecule has 0 spiro atoms. The number of rotatable bonds is 3. The molecular formula is C17H13BrO2S. The van der Waals surface area contributed by atoms with Crippen LogP contribution in [0.5, 0.6) is 0 Å². The number of halogens is 1. The van der Waals surface area contributed by atoms with Gasteiger partial charge in [-0.15, -0.1) is 11.8 Å². The number of thioether (sulfide) groups is 1. The lowest BCUT2D eigenvalue weighted by molar-refractivity contribution is 0.559. The predicted octanol–water partition coefficient (Wildman–Crippen LogP) is 5.16. The van der Waals surface area contributed by atoms with Crippen LogP contribution in [0.2, 0.25) is 0 Å². The maximum atomic E-state index is 11.7. The van der Waals surface area contributed by atoms with E-state index in [-0.39, 0.29) is 5.63 Å². The SMILES string of the molecule is Cc1ccc2c(CSc3ccc(Br)cc3)cc(=O)oc2c1. The van der Waals surface area contributed by atoms with Gasteiger partial charge >= 0.3 is 5.63 Å². The topological polar surface area (TPSA) is 30.2 Å². The molecule has 0 saturated heterocycles. The van der Waals surface area contributed by atoms with Crippen LogP contribution >= 0.6 is 27.7 Å². The third-order valence-corrected chi connectivity index (χ3v) is 4.78. The van der Waals surface area contributed by atoms with Crippen molar-refractivity contribution in [2.24, 2.45) is 0 Å². The molecule has 21 heavy (non-hydrogen) atoms. The normalized spacial score (nSPS) is 11.0. The van der Waals surface area contributed by atoms with Crippen LogP contribution in [0.25, 0.3) is 11.0 Å². The van der Waals surface area contributed by atoms with Crippen molar-refractivity contribution >= 4 is 38.7 Å². The molecule has 1 heterocycles. The molecule has 0 aliphatic heterocycles. The summed E-state index contributed by atoms with van der Waals surface area (Å²) in [7, 11) is 0. The summed E-state index contributed by atoms with van der Waals surface area (Å²) in [6.45, 7) is 1.99. The number of aryl methyl sites for hydroxylation is 1. The first-order chi connectivity index (χ1) is 10.1. The van der Waals surface area contributed by atoms with E-state index in [2.05, 4.69) is 28.1 Å². The molecule has 2 nitrogen and oxygen atoms in total. The van der Waals surface area contributed by atoms with Crippen LogP contribution in [0.3, 0.4) is 0 Å². The molecule has 3 aromatic rings. The molecule has 4 heteroatoms. The van der Waals surface area contributed by atoms with Gasteiger partial charge in [-0.2, -0.15) is 0 Å². The Hall–Kier alpha value is -1.52. The summed E-state index contributed by atoms with van der Waals surface area (Å²) < 4.78 is 6.34. The van der Waals surface area contributed by atoms with Crippen LogP contribution in [-0.2, 0) is 5.75 Å². The zero-order chi connectivity index (χ0) is 14.8. The molecule has 0 amide bonds. The molecule has 0 radical (unpaired) electrons. The van der Waals surface area contributed by atoms with Gasteiger partial charge in [0.2, 0.25) is 0 Å². The summed E-state index contributed by atoms with van der Waals surface area (Å²) in [5.74, 6) is 0.743. The fourth-order valence-electron chi connectivity index (χ4n) is 2.15. The van der Waals surface area contributed by atoms with E-state index >= 15 is 0 Å². The van der Waals surface area contributed by atoms with Crippen molar-refractivity contribution in [2.75, 3.05) is 0 Å². The fourth-order valence-corrected chi connectivity index (χ4v) is 3.30. The van der Waals surface area contributed by atoms with Gasteiger partial charge in [0.25, 0.3) is 0 Å². The van der Waals surface area contributed by atoms with Crippen molar-refractivity contribution in [3.05, 3.63) is 74.6 Å². The molecule has 2 aromatic carbocycles. The Balaban J connectivity index is 1.93. The van der Waals surface area contributed by atoms with E-state index in [1.54, 1.807) is 17.8 Å². The Morgan fingerprint density at radius 1 is 1.10 bits per heavy atom. The lowest BCUT2D eigenvalue weighted by atomic mass is 10.1. The van der Waals surface area contributed by atoms with E-state index in [1.807, 2.05) is 37.3 Å². The minimum Gasteiger partial charge on any atom is -0.423 e. The molecular weight excluding hydrogens is 348 g/mol. The van der Waals surface area contributed by atoms with Crippen LogP contribution in [0.15, 0.2) is 67.1 Å². The van der Waals surface area contributed by atoms with Gasteiger partial charge in [0.05, 0.1) is 0 Å². The lowest BCUT2D eigenvalue weighted by Gasteiger charge is -2.06. The van der Waals surface area contributed by atoms with E-state index in [0.717, 1.165) is 26.7 Å². The maximum Gasteiger partial charge on any atom is 0.336 e.